The molecule has 1 aliphatic heterocycles. The summed E-state index contributed by atoms with van der Waals surface area (Å²) in [5, 5.41) is 2.89. The second-order valence-electron chi connectivity index (χ2n) is 6.07. The van der Waals surface area contributed by atoms with Gasteiger partial charge in [0.2, 0.25) is 5.91 Å². The predicted molar refractivity (Wildman–Crippen MR) is 89.9 cm³/mol. The average molecular weight is 328 g/mol. The number of likely N-dealkylation sites (tertiary alicyclic amines) is 1. The molecule has 0 aromatic carbocycles. The van der Waals surface area contributed by atoms with Crippen LogP contribution in [0.2, 0.25) is 0 Å². The Kier molecular flexibility index (Phi) is 11.9. The molecular formula is C14H31Cl2N3O. The van der Waals surface area contributed by atoms with E-state index in [0.29, 0.717) is 0 Å². The van der Waals surface area contributed by atoms with Crippen molar-refractivity contribution in [2.45, 2.75) is 64.5 Å². The van der Waals surface area contributed by atoms with Gasteiger partial charge in [0.1, 0.15) is 0 Å². The number of nitrogens with two attached hydrogens (primary N) is 1. The largest absolute Gasteiger partial charge is 0.355 e. The molecule has 0 spiro atoms. The number of halogens is 2. The third kappa shape index (κ3) is 8.30. The summed E-state index contributed by atoms with van der Waals surface area (Å²) in [7, 11) is 0. The van der Waals surface area contributed by atoms with Crippen molar-refractivity contribution < 1.29 is 4.79 Å². The molecule has 0 saturated carbocycles. The average Bonchev–Trinajstić information content (AvgIpc) is 2.29. The van der Waals surface area contributed by atoms with Crippen LogP contribution in [0.1, 0.15) is 52.9 Å². The Bertz CT molecular complexity index is 270. The van der Waals surface area contributed by atoms with Gasteiger partial charge in [0, 0.05) is 12.6 Å². The van der Waals surface area contributed by atoms with Gasteiger partial charge in [0.05, 0.1) is 5.54 Å². The molecule has 122 valence electrons. The second-order valence-corrected chi connectivity index (χ2v) is 6.07. The van der Waals surface area contributed by atoms with Gasteiger partial charge in [-0.1, -0.05) is 6.42 Å². The standard InChI is InChI=1S/C14H29N3O.2ClH/c1-12-8-4-6-10-17(12)11-7-5-9-16-13(18)14(2,3)15;;/h12H,4-11,15H2,1-3H3,(H,16,18);2*1H. The lowest BCUT2D eigenvalue weighted by Gasteiger charge is -2.33. The first kappa shape index (κ1) is 22.3. The highest BCUT2D eigenvalue weighted by Crippen LogP contribution is 2.16. The van der Waals surface area contributed by atoms with Crippen LogP contribution in [-0.2, 0) is 4.79 Å². The monoisotopic (exact) mass is 327 g/mol. The van der Waals surface area contributed by atoms with Crippen LogP contribution >= 0.6 is 24.8 Å². The van der Waals surface area contributed by atoms with E-state index in [2.05, 4.69) is 17.1 Å². The highest BCUT2D eigenvalue weighted by Gasteiger charge is 2.21. The van der Waals surface area contributed by atoms with Crippen LogP contribution in [0.25, 0.3) is 0 Å². The minimum Gasteiger partial charge on any atom is -0.355 e. The molecule has 1 heterocycles. The molecule has 1 fully saturated rings. The number of hydrogen-bond donors (Lipinski definition) is 2. The molecule has 3 N–H and O–H groups in total. The van der Waals surface area contributed by atoms with Gasteiger partial charge in [0.15, 0.2) is 0 Å². The number of rotatable bonds is 6. The van der Waals surface area contributed by atoms with Crippen LogP contribution in [0, 0.1) is 0 Å². The number of nitrogens with zero attached hydrogens (tertiary/aromatic N) is 1. The van der Waals surface area contributed by atoms with Crippen molar-refractivity contribution >= 4 is 30.7 Å². The van der Waals surface area contributed by atoms with Gasteiger partial charge in [-0.2, -0.15) is 0 Å². The van der Waals surface area contributed by atoms with E-state index in [9.17, 15) is 4.79 Å². The van der Waals surface area contributed by atoms with Gasteiger partial charge < -0.3 is 16.0 Å². The van der Waals surface area contributed by atoms with Gasteiger partial charge in [-0.05, 0) is 59.5 Å². The Morgan fingerprint density at radius 3 is 2.50 bits per heavy atom. The smallest absolute Gasteiger partial charge is 0.239 e. The van der Waals surface area contributed by atoms with Crippen LogP contribution < -0.4 is 11.1 Å². The van der Waals surface area contributed by atoms with Crippen molar-refractivity contribution in [3.05, 3.63) is 0 Å². The van der Waals surface area contributed by atoms with E-state index in [1.807, 2.05) is 0 Å². The second kappa shape index (κ2) is 10.7. The molecule has 0 bridgehead atoms. The summed E-state index contributed by atoms with van der Waals surface area (Å²) in [6, 6.07) is 0.733. The third-order valence-electron chi connectivity index (χ3n) is 3.68. The summed E-state index contributed by atoms with van der Waals surface area (Å²) in [4.78, 5) is 14.1. The van der Waals surface area contributed by atoms with Gasteiger partial charge >= 0.3 is 0 Å². The number of nitrogens with one attached hydrogen (secondary N) is 1. The topological polar surface area (TPSA) is 58.4 Å². The zero-order chi connectivity index (χ0) is 13.6. The zero-order valence-electron chi connectivity index (χ0n) is 13.0. The molecule has 20 heavy (non-hydrogen) atoms. The molecule has 1 aliphatic rings. The normalized spacial score (nSPS) is 19.7. The molecule has 0 radical (unpaired) electrons. The molecule has 1 atom stereocenters. The molecule has 1 amide bonds. The molecule has 1 saturated heterocycles. The van der Waals surface area contributed by atoms with Gasteiger partial charge in [-0.15, -0.1) is 24.8 Å². The Morgan fingerprint density at radius 2 is 1.95 bits per heavy atom. The lowest BCUT2D eigenvalue weighted by Crippen LogP contribution is -2.49. The van der Waals surface area contributed by atoms with Crippen molar-refractivity contribution in [1.82, 2.24) is 10.2 Å². The van der Waals surface area contributed by atoms with Crippen molar-refractivity contribution in [2.24, 2.45) is 5.73 Å². The first-order chi connectivity index (χ1) is 8.41. The quantitative estimate of drug-likeness (QED) is 0.736. The van der Waals surface area contributed by atoms with E-state index >= 15 is 0 Å². The summed E-state index contributed by atoms with van der Waals surface area (Å²) >= 11 is 0. The number of hydrogen-bond acceptors (Lipinski definition) is 3. The Hall–Kier alpha value is -0.0300. The molecule has 1 rings (SSSR count). The van der Waals surface area contributed by atoms with Crippen LogP contribution in [0.3, 0.4) is 0 Å². The highest BCUT2D eigenvalue weighted by molar-refractivity contribution is 5.85. The molecule has 6 heteroatoms. The van der Waals surface area contributed by atoms with Crippen molar-refractivity contribution in [3.8, 4) is 0 Å². The highest BCUT2D eigenvalue weighted by atomic mass is 35.5. The van der Waals surface area contributed by atoms with E-state index in [4.69, 9.17) is 5.73 Å². The molecule has 1 unspecified atom stereocenters. The van der Waals surface area contributed by atoms with Crippen molar-refractivity contribution in [2.75, 3.05) is 19.6 Å². The van der Waals surface area contributed by atoms with E-state index < -0.39 is 5.54 Å². The fourth-order valence-corrected chi connectivity index (χ4v) is 2.36. The van der Waals surface area contributed by atoms with Crippen LogP contribution in [0.15, 0.2) is 0 Å². The Morgan fingerprint density at radius 1 is 1.30 bits per heavy atom. The molecule has 0 aromatic heterocycles. The van der Waals surface area contributed by atoms with Crippen LogP contribution in [0.4, 0.5) is 0 Å². The predicted octanol–water partition coefficient (Wildman–Crippen LogP) is 2.34. The SMILES string of the molecule is CC1CCCCN1CCCCNC(=O)C(C)(C)N.Cl.Cl. The number of amides is 1. The maximum atomic E-state index is 11.5. The van der Waals surface area contributed by atoms with E-state index in [1.165, 1.54) is 25.8 Å². The minimum atomic E-state index is -0.763. The number of carbonyl (C=O) groups excluding carboxylic acids is 1. The first-order valence-electron chi connectivity index (χ1n) is 7.22. The molecule has 4 nitrogen and oxygen atoms in total. The minimum absolute atomic E-state index is 0. The van der Waals surface area contributed by atoms with Gasteiger partial charge in [0.25, 0.3) is 0 Å². The third-order valence-corrected chi connectivity index (χ3v) is 3.68. The summed E-state index contributed by atoms with van der Waals surface area (Å²) in [5.41, 5.74) is 4.95. The number of carbonyl (C=O) groups is 1. The van der Waals surface area contributed by atoms with E-state index in [0.717, 1.165) is 32.0 Å². The summed E-state index contributed by atoms with van der Waals surface area (Å²) in [6.07, 6.45) is 6.22. The lowest BCUT2D eigenvalue weighted by molar-refractivity contribution is -0.125. The maximum absolute atomic E-state index is 11.5. The maximum Gasteiger partial charge on any atom is 0.239 e. The summed E-state index contributed by atoms with van der Waals surface area (Å²) in [6.45, 7) is 8.92. The fourth-order valence-electron chi connectivity index (χ4n) is 2.36. The van der Waals surface area contributed by atoms with Gasteiger partial charge in [-0.25, -0.2) is 0 Å². The van der Waals surface area contributed by atoms with E-state index in [1.54, 1.807) is 13.8 Å². The fraction of sp³-hybridized carbons (Fsp3) is 0.929. The molecule has 0 aliphatic carbocycles. The van der Waals surface area contributed by atoms with Crippen LogP contribution in [0.5, 0.6) is 0 Å². The molecule has 0 aromatic rings. The molecular weight excluding hydrogens is 297 g/mol. The Labute approximate surface area is 136 Å². The van der Waals surface area contributed by atoms with Gasteiger partial charge in [-0.3, -0.25) is 4.79 Å². The van der Waals surface area contributed by atoms with Crippen molar-refractivity contribution in [3.63, 3.8) is 0 Å². The summed E-state index contributed by atoms with van der Waals surface area (Å²) < 4.78 is 0. The van der Waals surface area contributed by atoms with E-state index in [-0.39, 0.29) is 30.7 Å². The van der Waals surface area contributed by atoms with Crippen LogP contribution in [-0.4, -0.2) is 42.0 Å². The lowest BCUT2D eigenvalue weighted by atomic mass is 10.0. The number of unbranched alkanes of at least 4 members (excludes halogenated alkanes) is 1. The number of piperidine rings is 1. The Balaban J connectivity index is 0. The van der Waals surface area contributed by atoms with Crippen molar-refractivity contribution in [1.29, 1.82) is 0 Å². The first-order valence-corrected chi connectivity index (χ1v) is 7.22. The zero-order valence-corrected chi connectivity index (χ0v) is 14.6. The summed E-state index contributed by atoms with van der Waals surface area (Å²) in [5.74, 6) is -0.0613.